The molecule has 0 aromatic heterocycles. The van der Waals surface area contributed by atoms with Crippen LogP contribution in [0.25, 0.3) is 0 Å². The summed E-state index contributed by atoms with van der Waals surface area (Å²) in [6.07, 6.45) is -2.86. The first-order chi connectivity index (χ1) is 18.3. The van der Waals surface area contributed by atoms with Gasteiger partial charge in [-0.2, -0.15) is 13.2 Å². The van der Waals surface area contributed by atoms with Crippen LogP contribution < -0.4 is 21.1 Å². The van der Waals surface area contributed by atoms with Crippen molar-refractivity contribution in [1.82, 2.24) is 15.4 Å². The molecular formula is C26H31F3N4O5S. The fourth-order valence-corrected chi connectivity index (χ4v) is 5.71. The molecule has 2 aromatic rings. The summed E-state index contributed by atoms with van der Waals surface area (Å²) in [6.45, 7) is 0.390. The smallest absolute Gasteiger partial charge is 0.369 e. The molecule has 0 saturated carbocycles. The third kappa shape index (κ3) is 9.36. The maximum absolute atomic E-state index is 13.3. The molecule has 1 saturated heterocycles. The Morgan fingerprint density at radius 1 is 0.974 bits per heavy atom. The molecule has 39 heavy (non-hydrogen) atoms. The second kappa shape index (κ2) is 13.1. The Morgan fingerprint density at radius 2 is 1.62 bits per heavy atom. The Bertz CT molecular complexity index is 1250. The molecule has 3 atom stereocenters. The SMILES string of the molecule is NC(=O)C(C[C@@H]1CCCN1)[C@H](Cc1ccccc1)C(=O)NS(=O)(=O)Cc1ccc(CNC(=O)C(F)(F)F)cc1. The number of alkyl halides is 3. The minimum absolute atomic E-state index is 0.00962. The lowest BCUT2D eigenvalue weighted by molar-refractivity contribution is -0.173. The summed E-state index contributed by atoms with van der Waals surface area (Å²) in [7, 11) is -4.20. The molecule has 0 radical (unpaired) electrons. The van der Waals surface area contributed by atoms with E-state index in [0.29, 0.717) is 12.0 Å². The summed E-state index contributed by atoms with van der Waals surface area (Å²) < 4.78 is 64.8. The van der Waals surface area contributed by atoms with Crippen LogP contribution in [0.2, 0.25) is 0 Å². The minimum Gasteiger partial charge on any atom is -0.369 e. The predicted octanol–water partition coefficient (Wildman–Crippen LogP) is 1.91. The van der Waals surface area contributed by atoms with E-state index in [1.807, 2.05) is 0 Å². The number of halogens is 3. The van der Waals surface area contributed by atoms with Crippen molar-refractivity contribution in [2.75, 3.05) is 6.54 Å². The third-order valence-corrected chi connectivity index (χ3v) is 7.76. The summed E-state index contributed by atoms with van der Waals surface area (Å²) in [5, 5.41) is 5.00. The zero-order chi connectivity index (χ0) is 28.6. The Kier molecular flexibility index (Phi) is 10.1. The van der Waals surface area contributed by atoms with Crippen molar-refractivity contribution >= 4 is 27.7 Å². The van der Waals surface area contributed by atoms with Gasteiger partial charge in [0.15, 0.2) is 0 Å². The van der Waals surface area contributed by atoms with E-state index in [9.17, 15) is 36.0 Å². The van der Waals surface area contributed by atoms with Crippen molar-refractivity contribution in [2.45, 2.75) is 50.2 Å². The summed E-state index contributed by atoms with van der Waals surface area (Å²) in [5.74, 6) is -6.13. The maximum atomic E-state index is 13.3. The van der Waals surface area contributed by atoms with Gasteiger partial charge in [-0.1, -0.05) is 54.6 Å². The van der Waals surface area contributed by atoms with E-state index in [-0.39, 0.29) is 18.0 Å². The first-order valence-electron chi connectivity index (χ1n) is 12.4. The summed E-state index contributed by atoms with van der Waals surface area (Å²) >= 11 is 0. The van der Waals surface area contributed by atoms with Crippen LogP contribution >= 0.6 is 0 Å². The molecule has 3 rings (SSSR count). The van der Waals surface area contributed by atoms with Crippen LogP contribution in [-0.4, -0.2) is 44.9 Å². The number of carbonyl (C=O) groups excluding carboxylic acids is 3. The van der Waals surface area contributed by atoms with E-state index in [2.05, 4.69) is 10.0 Å². The van der Waals surface area contributed by atoms with Crippen molar-refractivity contribution in [3.8, 4) is 0 Å². The van der Waals surface area contributed by atoms with Crippen molar-refractivity contribution in [3.05, 3.63) is 71.3 Å². The molecule has 9 nitrogen and oxygen atoms in total. The fourth-order valence-electron chi connectivity index (χ4n) is 4.55. The van der Waals surface area contributed by atoms with E-state index in [4.69, 9.17) is 5.73 Å². The Labute approximate surface area is 224 Å². The minimum atomic E-state index is -5.01. The Balaban J connectivity index is 1.70. The van der Waals surface area contributed by atoms with Crippen molar-refractivity contribution < 1.29 is 36.0 Å². The molecule has 1 aliphatic heterocycles. The average Bonchev–Trinajstić information content (AvgIpc) is 3.38. The van der Waals surface area contributed by atoms with Gasteiger partial charge in [-0.25, -0.2) is 8.42 Å². The van der Waals surface area contributed by atoms with Crippen molar-refractivity contribution in [3.63, 3.8) is 0 Å². The topological polar surface area (TPSA) is 147 Å². The molecule has 2 aromatic carbocycles. The number of amides is 3. The molecule has 13 heteroatoms. The first-order valence-corrected chi connectivity index (χ1v) is 14.0. The largest absolute Gasteiger partial charge is 0.471 e. The number of primary amides is 1. The predicted molar refractivity (Wildman–Crippen MR) is 137 cm³/mol. The lowest BCUT2D eigenvalue weighted by Gasteiger charge is -2.26. The van der Waals surface area contributed by atoms with Gasteiger partial charge in [0.25, 0.3) is 0 Å². The lowest BCUT2D eigenvalue weighted by atomic mass is 9.81. The van der Waals surface area contributed by atoms with Gasteiger partial charge in [-0.05, 0) is 48.9 Å². The van der Waals surface area contributed by atoms with Crippen LogP contribution in [0, 0.1) is 11.8 Å². The number of nitrogens with one attached hydrogen (secondary N) is 3. The highest BCUT2D eigenvalue weighted by molar-refractivity contribution is 7.89. The normalized spacial score (nSPS) is 17.3. The number of rotatable bonds is 12. The summed E-state index contributed by atoms with van der Waals surface area (Å²) in [6, 6.07) is 14.4. The zero-order valence-corrected chi connectivity index (χ0v) is 21.9. The highest BCUT2D eigenvalue weighted by atomic mass is 32.2. The molecule has 0 bridgehead atoms. The van der Waals surface area contributed by atoms with Gasteiger partial charge < -0.3 is 16.4 Å². The van der Waals surface area contributed by atoms with Gasteiger partial charge in [0.1, 0.15) is 0 Å². The molecular weight excluding hydrogens is 537 g/mol. The van der Waals surface area contributed by atoms with E-state index in [1.54, 1.807) is 35.6 Å². The summed E-state index contributed by atoms with van der Waals surface area (Å²) in [5.41, 5.74) is 7.03. The molecule has 1 fully saturated rings. The molecule has 1 aliphatic rings. The highest BCUT2D eigenvalue weighted by Gasteiger charge is 2.38. The van der Waals surface area contributed by atoms with Gasteiger partial charge in [0, 0.05) is 12.6 Å². The number of hydrogen-bond donors (Lipinski definition) is 4. The van der Waals surface area contributed by atoms with E-state index >= 15 is 0 Å². The molecule has 3 amide bonds. The lowest BCUT2D eigenvalue weighted by Crippen LogP contribution is -2.45. The van der Waals surface area contributed by atoms with Crippen molar-refractivity contribution in [2.24, 2.45) is 17.6 Å². The molecule has 0 aliphatic carbocycles. The third-order valence-electron chi connectivity index (χ3n) is 6.53. The maximum Gasteiger partial charge on any atom is 0.471 e. The van der Waals surface area contributed by atoms with Gasteiger partial charge >= 0.3 is 12.1 Å². The Morgan fingerprint density at radius 3 is 2.18 bits per heavy atom. The van der Waals surface area contributed by atoms with Gasteiger partial charge in [0.05, 0.1) is 17.6 Å². The molecule has 5 N–H and O–H groups in total. The first kappa shape index (κ1) is 30.1. The highest BCUT2D eigenvalue weighted by Crippen LogP contribution is 2.26. The van der Waals surface area contributed by atoms with Crippen LogP contribution in [0.15, 0.2) is 54.6 Å². The van der Waals surface area contributed by atoms with Gasteiger partial charge in [-0.3, -0.25) is 19.1 Å². The van der Waals surface area contributed by atoms with Gasteiger partial charge in [-0.15, -0.1) is 0 Å². The molecule has 212 valence electrons. The Hall–Kier alpha value is -3.45. The van der Waals surface area contributed by atoms with Gasteiger partial charge in [0.2, 0.25) is 21.8 Å². The van der Waals surface area contributed by atoms with Crippen LogP contribution in [0.4, 0.5) is 13.2 Å². The molecule has 0 spiro atoms. The number of hydrogen-bond acceptors (Lipinski definition) is 6. The van der Waals surface area contributed by atoms with E-state index in [0.717, 1.165) is 24.9 Å². The quantitative estimate of drug-likeness (QED) is 0.308. The number of nitrogens with two attached hydrogens (primary N) is 1. The van der Waals surface area contributed by atoms with Crippen LogP contribution in [0.1, 0.15) is 36.0 Å². The second-order valence-electron chi connectivity index (χ2n) is 9.56. The van der Waals surface area contributed by atoms with Crippen LogP contribution in [0.5, 0.6) is 0 Å². The fraction of sp³-hybridized carbons (Fsp3) is 0.423. The molecule has 1 heterocycles. The van der Waals surface area contributed by atoms with Crippen LogP contribution in [0.3, 0.4) is 0 Å². The van der Waals surface area contributed by atoms with E-state index in [1.165, 1.54) is 24.3 Å². The van der Waals surface area contributed by atoms with Crippen LogP contribution in [-0.2, 0) is 43.1 Å². The zero-order valence-electron chi connectivity index (χ0n) is 21.0. The monoisotopic (exact) mass is 568 g/mol. The number of benzene rings is 2. The van der Waals surface area contributed by atoms with E-state index < -0.39 is 58.1 Å². The van der Waals surface area contributed by atoms with Crippen molar-refractivity contribution in [1.29, 1.82) is 0 Å². The number of sulfonamides is 1. The molecule has 1 unspecified atom stereocenters. The standard InChI is InChI=1S/C26H31F3N4O5S/c27-26(28,29)25(36)32-15-18-8-10-19(11-9-18)16-39(37,38)33-24(35)22(13-17-5-2-1-3-6-17)21(23(30)34)14-20-7-4-12-31-20/h1-3,5-6,8-11,20-22,31H,4,7,12-16H2,(H2,30,34)(H,32,36)(H,33,35)/t20-,21?,22-/m0/s1. The number of carbonyl (C=O) groups is 3. The average molecular weight is 569 g/mol. The second-order valence-corrected chi connectivity index (χ2v) is 11.3. The summed E-state index contributed by atoms with van der Waals surface area (Å²) in [4.78, 5) is 36.7.